The first kappa shape index (κ1) is 11.9. The van der Waals surface area contributed by atoms with Crippen LogP contribution < -0.4 is 0 Å². The van der Waals surface area contributed by atoms with E-state index in [1.807, 2.05) is 23.9 Å². The van der Waals surface area contributed by atoms with Crippen LogP contribution in [0.4, 0.5) is 0 Å². The fraction of sp³-hybridized carbons (Fsp3) is 0.615. The number of aliphatic hydroxyl groups excluding tert-OH is 1. The van der Waals surface area contributed by atoms with Crippen LogP contribution in [-0.4, -0.2) is 21.1 Å². The number of nitrogens with zero attached hydrogens (tertiary/aromatic N) is 1. The number of aliphatic hydroxyl groups is 1. The van der Waals surface area contributed by atoms with Crippen molar-refractivity contribution in [2.75, 3.05) is 5.75 Å². The Morgan fingerprint density at radius 1 is 1.38 bits per heavy atom. The molecule has 1 atom stereocenters. The van der Waals surface area contributed by atoms with E-state index in [2.05, 4.69) is 4.98 Å². The normalized spacial score (nSPS) is 19.6. The zero-order chi connectivity index (χ0) is 11.2. The van der Waals surface area contributed by atoms with Crippen molar-refractivity contribution >= 4 is 11.8 Å². The van der Waals surface area contributed by atoms with Gasteiger partial charge in [0.1, 0.15) is 0 Å². The Morgan fingerprint density at radius 3 is 2.88 bits per heavy atom. The van der Waals surface area contributed by atoms with Gasteiger partial charge in [-0.05, 0) is 24.5 Å². The van der Waals surface area contributed by atoms with E-state index < -0.39 is 0 Å². The van der Waals surface area contributed by atoms with E-state index in [1.54, 1.807) is 12.4 Å². The second-order valence-electron chi connectivity index (χ2n) is 4.40. The first-order valence-corrected chi connectivity index (χ1v) is 7.11. The summed E-state index contributed by atoms with van der Waals surface area (Å²) in [7, 11) is 0. The van der Waals surface area contributed by atoms with Gasteiger partial charge in [-0.15, -0.1) is 0 Å². The molecule has 1 saturated carbocycles. The van der Waals surface area contributed by atoms with Gasteiger partial charge >= 0.3 is 0 Å². The molecule has 1 aromatic rings. The van der Waals surface area contributed by atoms with Gasteiger partial charge in [-0.2, -0.15) is 11.8 Å². The summed E-state index contributed by atoms with van der Waals surface area (Å²) in [5.41, 5.74) is 0.936. The summed E-state index contributed by atoms with van der Waals surface area (Å²) in [6, 6.07) is 3.82. The molecule has 1 aromatic heterocycles. The summed E-state index contributed by atoms with van der Waals surface area (Å²) in [6.07, 6.45) is 9.90. The third kappa shape index (κ3) is 3.49. The Morgan fingerprint density at radius 2 is 2.19 bits per heavy atom. The van der Waals surface area contributed by atoms with Crippen LogP contribution in [0.15, 0.2) is 24.5 Å². The van der Waals surface area contributed by atoms with Gasteiger partial charge in [-0.25, -0.2) is 0 Å². The lowest BCUT2D eigenvalue weighted by Gasteiger charge is -2.22. The maximum absolute atomic E-state index is 9.99. The molecule has 0 amide bonds. The molecule has 0 radical (unpaired) electrons. The van der Waals surface area contributed by atoms with Crippen LogP contribution in [-0.2, 0) is 0 Å². The van der Waals surface area contributed by atoms with Crippen molar-refractivity contribution in [3.05, 3.63) is 30.1 Å². The van der Waals surface area contributed by atoms with Gasteiger partial charge in [0, 0.05) is 23.4 Å². The molecule has 3 heteroatoms. The van der Waals surface area contributed by atoms with Crippen LogP contribution in [0.5, 0.6) is 0 Å². The van der Waals surface area contributed by atoms with Crippen molar-refractivity contribution in [3.63, 3.8) is 0 Å². The molecule has 0 saturated heterocycles. The summed E-state index contributed by atoms with van der Waals surface area (Å²) in [6.45, 7) is 0. The molecule has 2 nitrogen and oxygen atoms in total. The predicted octanol–water partition coefficient (Wildman–Crippen LogP) is 3.18. The average molecular weight is 237 g/mol. The highest BCUT2D eigenvalue weighted by atomic mass is 32.2. The zero-order valence-corrected chi connectivity index (χ0v) is 10.3. The molecule has 0 bridgehead atoms. The van der Waals surface area contributed by atoms with Crippen molar-refractivity contribution in [1.82, 2.24) is 4.98 Å². The minimum atomic E-state index is -0.361. The third-order valence-electron chi connectivity index (χ3n) is 3.11. The Hall–Kier alpha value is -0.540. The summed E-state index contributed by atoms with van der Waals surface area (Å²) < 4.78 is 0. The maximum Gasteiger partial charge on any atom is 0.0895 e. The molecule has 1 unspecified atom stereocenters. The van der Waals surface area contributed by atoms with Gasteiger partial charge in [0.05, 0.1) is 6.10 Å². The van der Waals surface area contributed by atoms with Crippen molar-refractivity contribution in [3.8, 4) is 0 Å². The molecule has 1 N–H and O–H groups in total. The predicted molar refractivity (Wildman–Crippen MR) is 68.5 cm³/mol. The highest BCUT2D eigenvalue weighted by molar-refractivity contribution is 7.99. The summed E-state index contributed by atoms with van der Waals surface area (Å²) in [5, 5.41) is 10.8. The number of hydrogen-bond donors (Lipinski definition) is 1. The highest BCUT2D eigenvalue weighted by Crippen LogP contribution is 2.30. The lowest BCUT2D eigenvalue weighted by molar-refractivity contribution is 0.203. The molecule has 1 aliphatic rings. The van der Waals surface area contributed by atoms with Crippen LogP contribution in [0.3, 0.4) is 0 Å². The molecule has 0 aromatic carbocycles. The lowest BCUT2D eigenvalue weighted by Crippen LogP contribution is -2.11. The van der Waals surface area contributed by atoms with Gasteiger partial charge < -0.3 is 5.11 Å². The van der Waals surface area contributed by atoms with E-state index in [4.69, 9.17) is 0 Å². The molecule has 1 fully saturated rings. The van der Waals surface area contributed by atoms with E-state index >= 15 is 0 Å². The Balaban J connectivity index is 1.77. The van der Waals surface area contributed by atoms with E-state index in [0.29, 0.717) is 0 Å². The average Bonchev–Trinajstić information content (AvgIpc) is 2.38. The molecule has 88 valence electrons. The van der Waals surface area contributed by atoms with Crippen LogP contribution in [0.2, 0.25) is 0 Å². The summed E-state index contributed by atoms with van der Waals surface area (Å²) in [4.78, 5) is 4.03. The molecule has 16 heavy (non-hydrogen) atoms. The Bertz CT molecular complexity index is 298. The van der Waals surface area contributed by atoms with Crippen molar-refractivity contribution in [2.24, 2.45) is 0 Å². The van der Waals surface area contributed by atoms with Crippen molar-refractivity contribution in [1.29, 1.82) is 0 Å². The summed E-state index contributed by atoms with van der Waals surface area (Å²) in [5.74, 6) is 0.802. The first-order valence-electron chi connectivity index (χ1n) is 6.06. The Labute approximate surface area is 101 Å². The highest BCUT2D eigenvalue weighted by Gasteiger charge is 2.16. The number of pyridine rings is 1. The number of hydrogen-bond acceptors (Lipinski definition) is 3. The molecule has 1 heterocycles. The number of aromatic nitrogens is 1. The topological polar surface area (TPSA) is 33.1 Å². The first-order chi connectivity index (χ1) is 7.86. The molecular formula is C13H19NOS. The van der Waals surface area contributed by atoms with E-state index in [-0.39, 0.29) is 6.10 Å². The van der Waals surface area contributed by atoms with Crippen LogP contribution >= 0.6 is 11.8 Å². The number of rotatable bonds is 4. The zero-order valence-electron chi connectivity index (χ0n) is 9.51. The smallest absolute Gasteiger partial charge is 0.0895 e. The van der Waals surface area contributed by atoms with Gasteiger partial charge in [0.15, 0.2) is 0 Å². The lowest BCUT2D eigenvalue weighted by atomic mass is 10.0. The molecule has 0 aliphatic heterocycles. The van der Waals surface area contributed by atoms with Gasteiger partial charge in [0.25, 0.3) is 0 Å². The quantitative estimate of drug-likeness (QED) is 0.873. The SMILES string of the molecule is OC(CSC1CCCCC1)c1cccnc1. The van der Waals surface area contributed by atoms with Crippen molar-refractivity contribution in [2.45, 2.75) is 43.5 Å². The monoisotopic (exact) mass is 237 g/mol. The van der Waals surface area contributed by atoms with E-state index in [1.165, 1.54) is 32.1 Å². The standard InChI is InChI=1S/C13H19NOS/c15-13(11-5-4-8-14-9-11)10-16-12-6-2-1-3-7-12/h4-5,8-9,12-13,15H,1-3,6-7,10H2. The van der Waals surface area contributed by atoms with Crippen LogP contribution in [0.1, 0.15) is 43.8 Å². The molecule has 2 rings (SSSR count). The second-order valence-corrected chi connectivity index (χ2v) is 5.73. The molecule has 0 spiro atoms. The summed E-state index contributed by atoms with van der Waals surface area (Å²) >= 11 is 1.92. The largest absolute Gasteiger partial charge is 0.387 e. The second kappa shape index (κ2) is 6.26. The minimum Gasteiger partial charge on any atom is -0.387 e. The minimum absolute atomic E-state index is 0.361. The van der Waals surface area contributed by atoms with Gasteiger partial charge in [-0.1, -0.05) is 25.3 Å². The van der Waals surface area contributed by atoms with Crippen molar-refractivity contribution < 1.29 is 5.11 Å². The van der Waals surface area contributed by atoms with E-state index in [0.717, 1.165) is 16.6 Å². The van der Waals surface area contributed by atoms with Crippen LogP contribution in [0, 0.1) is 0 Å². The maximum atomic E-state index is 9.99. The third-order valence-corrected chi connectivity index (χ3v) is 4.56. The number of thioether (sulfide) groups is 1. The fourth-order valence-corrected chi connectivity index (χ4v) is 3.44. The molecular weight excluding hydrogens is 218 g/mol. The Kier molecular flexibility index (Phi) is 4.67. The molecule has 1 aliphatic carbocycles. The fourth-order valence-electron chi connectivity index (χ4n) is 2.13. The van der Waals surface area contributed by atoms with Crippen LogP contribution in [0.25, 0.3) is 0 Å². The van der Waals surface area contributed by atoms with Gasteiger partial charge in [-0.3, -0.25) is 4.98 Å². The van der Waals surface area contributed by atoms with E-state index in [9.17, 15) is 5.11 Å². The van der Waals surface area contributed by atoms with Gasteiger partial charge in [0.2, 0.25) is 0 Å².